The van der Waals surface area contributed by atoms with Gasteiger partial charge in [0.2, 0.25) is 6.54 Å². The van der Waals surface area contributed by atoms with Crippen molar-refractivity contribution in [2.75, 3.05) is 120 Å². The van der Waals surface area contributed by atoms with Crippen LogP contribution in [0.3, 0.4) is 0 Å². The van der Waals surface area contributed by atoms with Gasteiger partial charge < -0.3 is 94.6 Å². The number of hydrogen-bond acceptors (Lipinski definition) is 26. The Morgan fingerprint density at radius 3 is 1.41 bits per heavy atom. The maximum atomic E-state index is 15.8. The molecule has 5 aliphatic rings. The molecular weight excluding hydrogens is 1510 g/mol. The zero-order valence-electron chi connectivity index (χ0n) is 66.6. The number of aryl methyl sites for hydroxylation is 3. The molecule has 109 heavy (non-hydrogen) atoms. The number of hydrogen-bond donors (Lipinski definition) is 5. The molecule has 3 aromatic rings. The second kappa shape index (κ2) is 42.1. The van der Waals surface area contributed by atoms with E-state index in [1.54, 1.807) is 41.2 Å². The molecule has 1 unspecified atom stereocenters. The van der Waals surface area contributed by atoms with Gasteiger partial charge in [-0.3, -0.25) is 43.0 Å². The van der Waals surface area contributed by atoms with Crippen molar-refractivity contribution in [2.45, 2.75) is 206 Å². The van der Waals surface area contributed by atoms with E-state index < -0.39 is 161 Å². The molecule has 0 bridgehead atoms. The second-order valence-corrected chi connectivity index (χ2v) is 40.9. The molecule has 5 aliphatic heterocycles. The van der Waals surface area contributed by atoms with Crippen LogP contribution in [0.25, 0.3) is 4.85 Å². The van der Waals surface area contributed by atoms with Crippen LogP contribution in [0.15, 0.2) is 70.6 Å². The zero-order chi connectivity index (χ0) is 82.1. The average Bonchev–Trinajstić information content (AvgIpc) is 1.65. The largest absolute Gasteiger partial charge is 0.390 e. The highest BCUT2D eigenvalue weighted by Crippen LogP contribution is 2.53. The Balaban J connectivity index is 0.000000273. The van der Waals surface area contributed by atoms with Gasteiger partial charge in [0.05, 0.1) is 71.2 Å². The highest BCUT2D eigenvalue weighted by molar-refractivity contribution is 7.65. The quantitative estimate of drug-likeness (QED) is 0.0231. The number of methoxy groups -OCH3 is 3. The molecule has 620 valence electrons. The maximum absolute atomic E-state index is 15.8. The summed E-state index contributed by atoms with van der Waals surface area (Å²) in [5, 5.41) is 20.3. The number of halogens is 2. The summed E-state index contributed by atoms with van der Waals surface area (Å²) in [5.41, 5.74) is -2.69. The van der Waals surface area contributed by atoms with Crippen LogP contribution in [0.1, 0.15) is 111 Å². The van der Waals surface area contributed by atoms with Crippen molar-refractivity contribution in [2.24, 2.45) is 17.8 Å². The summed E-state index contributed by atoms with van der Waals surface area (Å²) in [4.78, 5) is 82.8. The molecule has 5 saturated heterocycles. The fourth-order valence-electron chi connectivity index (χ4n) is 12.8. The summed E-state index contributed by atoms with van der Waals surface area (Å²) in [6, 6.07) is -0.0836. The third kappa shape index (κ3) is 27.0. The molecule has 0 radical (unpaired) electrons. The van der Waals surface area contributed by atoms with Crippen molar-refractivity contribution >= 4 is 30.0 Å². The Labute approximate surface area is 636 Å². The minimum atomic E-state index is -2.99. The minimum Gasteiger partial charge on any atom is -0.390 e. The topological polar surface area (TPSA) is 393 Å². The third-order valence-corrected chi connectivity index (χ3v) is 23.0. The van der Waals surface area contributed by atoms with Crippen molar-refractivity contribution in [3.05, 3.63) is 133 Å². The molecule has 5 N–H and O–H groups in total. The third-order valence-electron chi connectivity index (χ3n) is 17.9. The van der Waals surface area contributed by atoms with E-state index in [1.807, 2.05) is 67.0 Å². The highest BCUT2D eigenvalue weighted by Gasteiger charge is 2.56. The van der Waals surface area contributed by atoms with Crippen LogP contribution in [0, 0.1) is 45.1 Å². The van der Waals surface area contributed by atoms with Gasteiger partial charge in [-0.25, -0.2) is 34.4 Å². The van der Waals surface area contributed by atoms with Gasteiger partial charge >= 0.3 is 17.1 Å². The summed E-state index contributed by atoms with van der Waals surface area (Å²) >= 11 is 0. The van der Waals surface area contributed by atoms with Crippen LogP contribution in [0.2, 0.25) is 0 Å². The number of aliphatic hydroxyl groups excluding tert-OH is 2. The fourth-order valence-corrected chi connectivity index (χ4v) is 17.1. The summed E-state index contributed by atoms with van der Waals surface area (Å²) in [5.74, 6) is -0.544. The first-order valence-corrected chi connectivity index (χ1v) is 45.2. The lowest BCUT2D eigenvalue weighted by molar-refractivity contribution is -0.219. The first-order valence-electron chi connectivity index (χ1n) is 36.0. The number of aromatic amines is 3. The molecule has 8 heterocycles. The predicted molar refractivity (Wildman–Crippen MR) is 406 cm³/mol. The summed E-state index contributed by atoms with van der Waals surface area (Å²) in [6.45, 7) is 41.5. The Bertz CT molecular complexity index is 4060. The van der Waals surface area contributed by atoms with Crippen molar-refractivity contribution < 1.29 is 98.6 Å². The molecule has 0 spiro atoms. The summed E-state index contributed by atoms with van der Waals surface area (Å²) < 4.78 is 153. The van der Waals surface area contributed by atoms with Gasteiger partial charge in [0.15, 0.2) is 30.8 Å². The number of rotatable bonds is 32. The van der Waals surface area contributed by atoms with Gasteiger partial charge in [-0.2, -0.15) is 0 Å². The number of ether oxygens (including phenoxy) is 12. The van der Waals surface area contributed by atoms with Gasteiger partial charge in [0.1, 0.15) is 75.3 Å². The molecule has 0 aliphatic carbocycles. The van der Waals surface area contributed by atoms with Crippen molar-refractivity contribution in [1.29, 1.82) is 0 Å². The SMILES string of the molecule is CC[C@@H](O)[C@H]1O[C@@H]2OC(C)(C)O[C@@H]2[C@@H]1C.COCCO[C@@H]1[C@H](C)[C@@H](/C(F)=C/P(C)(C)=O)O[C@H]1n1cc(C)c(=O)[nH]c1=O.COCCO[C@@H]1[C@H](C)[C@@H]([C@H](O)CP(C)(C)=O)O[C@H]1n1cc(C)c(=O)[nH]c1=O.[C-]#[N+]CCOP(O[C@H]1[C@@H](OCCOC)[C@H](n2cc(C)c(=O)[nH]c2=O)O[C@@H]1/C(F)=C/P(C)(C)=O)N(C(C)C)C(C)C. The van der Waals surface area contributed by atoms with Crippen LogP contribution in [-0.2, 0) is 79.6 Å². The van der Waals surface area contributed by atoms with Crippen molar-refractivity contribution in [3.8, 4) is 0 Å². The smallest absolute Gasteiger partial charge is 0.330 e. The minimum absolute atomic E-state index is 0.0418. The lowest BCUT2D eigenvalue weighted by Crippen LogP contribution is -2.42. The molecule has 0 aromatic carbocycles. The second-order valence-electron chi connectivity index (χ2n) is 29.7. The van der Waals surface area contributed by atoms with E-state index in [9.17, 15) is 57.1 Å². The van der Waals surface area contributed by atoms with E-state index in [2.05, 4.69) is 19.8 Å². The fraction of sp³-hybridized carbons (Fsp3) is 0.757. The molecule has 19 atom stereocenters. The van der Waals surface area contributed by atoms with E-state index in [1.165, 1.54) is 75.5 Å². The van der Waals surface area contributed by atoms with Gasteiger partial charge in [-0.1, -0.05) is 27.7 Å². The van der Waals surface area contributed by atoms with Crippen molar-refractivity contribution in [3.63, 3.8) is 0 Å². The molecule has 8 rings (SSSR count). The number of nitrogens with zero attached hydrogens (tertiary/aromatic N) is 5. The van der Waals surface area contributed by atoms with Crippen LogP contribution in [0.5, 0.6) is 0 Å². The zero-order valence-corrected chi connectivity index (χ0v) is 70.1. The van der Waals surface area contributed by atoms with Crippen LogP contribution < -0.4 is 33.7 Å². The summed E-state index contributed by atoms with van der Waals surface area (Å²) in [6.07, 6.45) is -6.54. The Morgan fingerprint density at radius 1 is 0.606 bits per heavy atom. The molecule has 39 heteroatoms. The van der Waals surface area contributed by atoms with Crippen LogP contribution >= 0.6 is 30.0 Å². The Kier molecular flexibility index (Phi) is 36.6. The molecule has 3 aromatic heterocycles. The number of fused-ring (bicyclic) bond motifs is 1. The molecule has 0 amide bonds. The lowest BCUT2D eigenvalue weighted by atomic mass is 9.96. The standard InChI is InChI=1S/C25H41FN4O8P2.C17H26FN2O6P.C17H29N2O7P.C11H20O4/c1-16(2)30(17(3)4)39(36-11-10-27-6)38-21-20(19(26)15-40(8,9)33)37-24(22(21)35-13-12-34-7)29-14-18(5)23(31)28-25(29)32;1-10-8-20(17(22)19-15(10)21)16-14(25-7-6-24-3)11(2)13(26-16)12(18)9-27(4,5)23;1-10-8-19(17(22)18-15(10)21)16-14(25-7-6-24-3)11(2)13(26-16)12(20)9-27(4,5)23;1-5-7(12)8-6(2)9-10(13-8)15-11(3,4)14-9/h14-17,20-22,24H,10-13H2,1-5,7-9H3,(H,28,31,32);8-9,11,13-14,16H,6-7H2,1-5H3,(H,19,21,22);8,11-14,16,20H,6-7,9H2,1-5H3,(H,18,21,22);6-10,12H,5H2,1-4H3/b19-15-;12-9-;;/t20-,21-,22-,24-,39?;11-,13+,14-,16-;11-,12-,13+,14-,16-;6-,7-,8+,9-,10-/m1111/s1. The molecule has 0 saturated carbocycles. The van der Waals surface area contributed by atoms with E-state index in [0.29, 0.717) is 30.8 Å². The van der Waals surface area contributed by atoms with E-state index in [4.69, 9.17) is 72.5 Å². The molecular formula is C70H116F2N8O25P4. The predicted octanol–water partition coefficient (Wildman–Crippen LogP) is 7.38. The van der Waals surface area contributed by atoms with Crippen LogP contribution in [-0.4, -0.2) is 255 Å². The van der Waals surface area contributed by atoms with Gasteiger partial charge in [-0.05, 0) is 109 Å². The normalized spacial score (nSPS) is 27.9. The van der Waals surface area contributed by atoms with E-state index in [-0.39, 0.29) is 93.7 Å². The molecule has 33 nitrogen and oxygen atoms in total. The van der Waals surface area contributed by atoms with Crippen molar-refractivity contribution in [1.82, 2.24) is 33.3 Å². The molecule has 5 fully saturated rings. The van der Waals surface area contributed by atoms with E-state index in [0.717, 1.165) is 16.2 Å². The first kappa shape index (κ1) is 94.9. The highest BCUT2D eigenvalue weighted by atomic mass is 31.2. The first-order chi connectivity index (χ1) is 50.7. The Morgan fingerprint density at radius 2 is 1.01 bits per heavy atom. The Hall–Kier alpha value is -4.69. The van der Waals surface area contributed by atoms with Gasteiger partial charge in [-0.15, -0.1) is 0 Å². The number of aliphatic hydroxyl groups is 2. The lowest BCUT2D eigenvalue weighted by Gasteiger charge is -2.38. The number of aromatic nitrogens is 6. The van der Waals surface area contributed by atoms with Gasteiger partial charge in [0, 0.05) is 104 Å². The summed E-state index contributed by atoms with van der Waals surface area (Å²) in [7, 11) is -5.51. The van der Waals surface area contributed by atoms with Crippen LogP contribution in [0.4, 0.5) is 8.78 Å². The number of nitrogens with one attached hydrogen (secondary N) is 3. The number of H-pyrrole nitrogens is 3. The van der Waals surface area contributed by atoms with Gasteiger partial charge in [0.25, 0.3) is 25.2 Å². The average molecular weight is 1630 g/mol. The monoisotopic (exact) mass is 1630 g/mol. The van der Waals surface area contributed by atoms with E-state index >= 15 is 4.39 Å². The maximum Gasteiger partial charge on any atom is 0.330 e.